The fourth-order valence-corrected chi connectivity index (χ4v) is 2.87. The zero-order chi connectivity index (χ0) is 13.1. The van der Waals surface area contributed by atoms with Gasteiger partial charge < -0.3 is 9.30 Å². The van der Waals surface area contributed by atoms with Gasteiger partial charge in [-0.1, -0.05) is 19.1 Å². The van der Waals surface area contributed by atoms with Crippen molar-refractivity contribution in [2.24, 2.45) is 0 Å². The van der Waals surface area contributed by atoms with Crippen LogP contribution in [0.25, 0.3) is 10.2 Å². The lowest BCUT2D eigenvalue weighted by Gasteiger charge is -2.06. The molecule has 2 aromatic rings. The topological polar surface area (TPSA) is 55.1 Å². The number of benzene rings is 1. The number of hydrogen-bond acceptors (Lipinski definition) is 5. The Labute approximate surface area is 113 Å². The molecule has 0 aliphatic heterocycles. The molecule has 4 nitrogen and oxygen atoms in total. The predicted molar refractivity (Wildman–Crippen MR) is 74.8 cm³/mol. The molecule has 0 atom stereocenters. The standard InChI is InChI=1S/C12H12N2O2S2/c1-2-11(15)16-10(13)7-14-8-5-3-4-6-9(8)18-12(14)17/h3-6,13H,2,7H2,1H3. The molecule has 0 aliphatic rings. The largest absolute Gasteiger partial charge is 0.410 e. The van der Waals surface area contributed by atoms with Gasteiger partial charge in [-0.25, -0.2) is 0 Å². The monoisotopic (exact) mass is 280 g/mol. The van der Waals surface area contributed by atoms with E-state index in [9.17, 15) is 4.79 Å². The highest BCUT2D eigenvalue weighted by atomic mass is 32.1. The molecule has 0 spiro atoms. The number of esters is 1. The smallest absolute Gasteiger partial charge is 0.312 e. The van der Waals surface area contributed by atoms with E-state index in [2.05, 4.69) is 0 Å². The summed E-state index contributed by atoms with van der Waals surface area (Å²) in [6.07, 6.45) is 0.262. The van der Waals surface area contributed by atoms with E-state index in [0.29, 0.717) is 3.95 Å². The van der Waals surface area contributed by atoms with Gasteiger partial charge in [0, 0.05) is 6.42 Å². The van der Waals surface area contributed by atoms with E-state index in [1.54, 1.807) is 11.5 Å². The number of carbonyl (C=O) groups excluding carboxylic acids is 1. The number of aromatic nitrogens is 1. The first kappa shape index (κ1) is 12.9. The first-order chi connectivity index (χ1) is 8.61. The summed E-state index contributed by atoms with van der Waals surface area (Å²) >= 11 is 6.74. The summed E-state index contributed by atoms with van der Waals surface area (Å²) in [6, 6.07) is 7.78. The van der Waals surface area contributed by atoms with E-state index >= 15 is 0 Å². The molecular weight excluding hydrogens is 268 g/mol. The predicted octanol–water partition coefficient (Wildman–Crippen LogP) is 3.36. The van der Waals surface area contributed by atoms with Crippen LogP contribution in [-0.4, -0.2) is 16.4 Å². The Morgan fingerprint density at radius 2 is 2.22 bits per heavy atom. The third-order valence-corrected chi connectivity index (χ3v) is 3.83. The summed E-state index contributed by atoms with van der Waals surface area (Å²) in [5.74, 6) is -0.479. The normalized spacial score (nSPS) is 10.5. The maximum Gasteiger partial charge on any atom is 0.312 e. The third-order valence-electron chi connectivity index (χ3n) is 2.40. The maximum absolute atomic E-state index is 11.1. The number of nitrogens with zero attached hydrogens (tertiary/aromatic N) is 1. The molecule has 0 saturated carbocycles. The summed E-state index contributed by atoms with van der Waals surface area (Å²) < 4.78 is 8.41. The number of nitrogens with one attached hydrogen (secondary N) is 1. The molecule has 0 amide bonds. The van der Waals surface area contributed by atoms with Crippen LogP contribution in [-0.2, 0) is 16.1 Å². The van der Waals surface area contributed by atoms with Gasteiger partial charge in [0.15, 0.2) is 3.95 Å². The van der Waals surface area contributed by atoms with E-state index in [4.69, 9.17) is 22.4 Å². The SMILES string of the molecule is CCC(=O)OC(=N)Cn1c(=S)sc2ccccc21. The van der Waals surface area contributed by atoms with Crippen LogP contribution in [0.3, 0.4) is 0 Å². The van der Waals surface area contributed by atoms with Gasteiger partial charge in [0.05, 0.1) is 10.2 Å². The minimum atomic E-state index is -0.397. The summed E-state index contributed by atoms with van der Waals surface area (Å²) in [4.78, 5) is 11.1. The van der Waals surface area contributed by atoms with Gasteiger partial charge >= 0.3 is 5.97 Å². The van der Waals surface area contributed by atoms with Crippen molar-refractivity contribution in [3.63, 3.8) is 0 Å². The van der Waals surface area contributed by atoms with E-state index in [1.807, 2.05) is 24.3 Å². The van der Waals surface area contributed by atoms with Crippen molar-refractivity contribution < 1.29 is 9.53 Å². The first-order valence-corrected chi connectivity index (χ1v) is 6.70. The lowest BCUT2D eigenvalue weighted by atomic mass is 10.3. The molecular formula is C12H12N2O2S2. The second-order valence-corrected chi connectivity index (χ2v) is 5.35. The zero-order valence-electron chi connectivity index (χ0n) is 9.80. The van der Waals surface area contributed by atoms with Crippen LogP contribution in [0.4, 0.5) is 0 Å². The molecule has 18 heavy (non-hydrogen) atoms. The average Bonchev–Trinajstić information content (AvgIpc) is 2.66. The van der Waals surface area contributed by atoms with Crippen molar-refractivity contribution in [1.29, 1.82) is 5.41 Å². The Hall–Kier alpha value is -1.53. The summed E-state index contributed by atoms with van der Waals surface area (Å²) in [5.41, 5.74) is 0.963. The highest BCUT2D eigenvalue weighted by Crippen LogP contribution is 2.22. The Morgan fingerprint density at radius 1 is 1.50 bits per heavy atom. The number of fused-ring (bicyclic) bond motifs is 1. The molecule has 94 valence electrons. The van der Waals surface area contributed by atoms with Crippen LogP contribution in [0.1, 0.15) is 13.3 Å². The lowest BCUT2D eigenvalue weighted by Crippen LogP contribution is -2.16. The summed E-state index contributed by atoms with van der Waals surface area (Å²) in [5, 5.41) is 7.66. The average molecular weight is 280 g/mol. The molecule has 1 aromatic heterocycles. The van der Waals surface area contributed by atoms with E-state index < -0.39 is 5.97 Å². The quantitative estimate of drug-likeness (QED) is 0.406. The minimum absolute atomic E-state index is 0.0819. The van der Waals surface area contributed by atoms with Gasteiger partial charge in [-0.2, -0.15) is 0 Å². The van der Waals surface area contributed by atoms with Gasteiger partial charge in [0.1, 0.15) is 6.54 Å². The second-order valence-electron chi connectivity index (χ2n) is 3.67. The number of rotatable bonds is 3. The van der Waals surface area contributed by atoms with Gasteiger partial charge in [-0.3, -0.25) is 10.2 Å². The first-order valence-electron chi connectivity index (χ1n) is 5.48. The van der Waals surface area contributed by atoms with Crippen LogP contribution in [0.15, 0.2) is 24.3 Å². The molecule has 0 bridgehead atoms. The van der Waals surface area contributed by atoms with Crippen molar-refractivity contribution in [3.8, 4) is 0 Å². The molecule has 0 unspecified atom stereocenters. The number of ether oxygens (including phenoxy) is 1. The maximum atomic E-state index is 11.1. The van der Waals surface area contributed by atoms with Gasteiger partial charge in [-0.05, 0) is 24.4 Å². The van der Waals surface area contributed by atoms with Crippen molar-refractivity contribution in [2.75, 3.05) is 0 Å². The fourth-order valence-electron chi connectivity index (χ4n) is 1.55. The van der Waals surface area contributed by atoms with Crippen LogP contribution in [0.2, 0.25) is 0 Å². The van der Waals surface area contributed by atoms with Crippen LogP contribution in [0, 0.1) is 9.36 Å². The molecule has 1 aromatic carbocycles. The van der Waals surface area contributed by atoms with Crippen LogP contribution >= 0.6 is 23.6 Å². The lowest BCUT2D eigenvalue weighted by molar-refractivity contribution is -0.135. The Kier molecular flexibility index (Phi) is 3.88. The van der Waals surface area contributed by atoms with Crippen molar-refractivity contribution in [2.45, 2.75) is 19.9 Å². The molecule has 0 aliphatic carbocycles. The molecule has 0 fully saturated rings. The molecule has 1 heterocycles. The van der Waals surface area contributed by atoms with E-state index in [-0.39, 0.29) is 18.9 Å². The number of carbonyl (C=O) groups is 1. The summed E-state index contributed by atoms with van der Waals surface area (Å²) in [6.45, 7) is 1.88. The molecule has 0 radical (unpaired) electrons. The zero-order valence-corrected chi connectivity index (χ0v) is 11.4. The van der Waals surface area contributed by atoms with E-state index in [1.165, 1.54) is 11.3 Å². The summed E-state index contributed by atoms with van der Waals surface area (Å²) in [7, 11) is 0. The Balaban J connectivity index is 2.26. The number of hydrogen-bond donors (Lipinski definition) is 1. The number of thiazole rings is 1. The Bertz CT molecular complexity index is 657. The molecule has 1 N–H and O–H groups in total. The highest BCUT2D eigenvalue weighted by molar-refractivity contribution is 7.73. The van der Waals surface area contributed by atoms with Gasteiger partial charge in [0.2, 0.25) is 5.90 Å². The van der Waals surface area contributed by atoms with Crippen molar-refractivity contribution >= 4 is 45.6 Å². The molecule has 2 rings (SSSR count). The highest BCUT2D eigenvalue weighted by Gasteiger charge is 2.09. The van der Waals surface area contributed by atoms with E-state index in [0.717, 1.165) is 10.2 Å². The number of para-hydroxylation sites is 1. The van der Waals surface area contributed by atoms with Gasteiger partial charge in [0.25, 0.3) is 0 Å². The van der Waals surface area contributed by atoms with Crippen molar-refractivity contribution in [3.05, 3.63) is 28.2 Å². The fraction of sp³-hybridized carbons (Fsp3) is 0.250. The Morgan fingerprint density at radius 3 is 2.94 bits per heavy atom. The second kappa shape index (κ2) is 5.41. The molecule has 0 saturated heterocycles. The van der Waals surface area contributed by atoms with Crippen molar-refractivity contribution in [1.82, 2.24) is 4.57 Å². The minimum Gasteiger partial charge on any atom is -0.410 e. The van der Waals surface area contributed by atoms with Crippen LogP contribution < -0.4 is 0 Å². The van der Waals surface area contributed by atoms with Crippen LogP contribution in [0.5, 0.6) is 0 Å². The van der Waals surface area contributed by atoms with Gasteiger partial charge in [-0.15, -0.1) is 11.3 Å². The third kappa shape index (κ3) is 2.65. The molecule has 6 heteroatoms.